The van der Waals surface area contributed by atoms with Crippen LogP contribution in [0.1, 0.15) is 24.7 Å². The first-order valence-electron chi connectivity index (χ1n) is 7.87. The van der Waals surface area contributed by atoms with Crippen molar-refractivity contribution in [3.8, 4) is 5.82 Å². The van der Waals surface area contributed by atoms with Crippen LogP contribution in [0.4, 0.5) is 13.6 Å². The highest BCUT2D eigenvalue weighted by molar-refractivity contribution is 5.79. The SMILES string of the molecule is O=C(O)NC(c1nc2c(F)cc(F)cc2c(=O)n1-c1cc[nH]n1)C1CC1. The zero-order chi connectivity index (χ0) is 18.4. The Hall–Kier alpha value is -3.30. The molecule has 8 nitrogen and oxygen atoms in total. The molecule has 0 bridgehead atoms. The molecule has 1 amide bonds. The highest BCUT2D eigenvalue weighted by Crippen LogP contribution is 2.40. The molecule has 1 atom stereocenters. The van der Waals surface area contributed by atoms with Gasteiger partial charge in [0.25, 0.3) is 5.56 Å². The van der Waals surface area contributed by atoms with Gasteiger partial charge in [-0.25, -0.2) is 23.1 Å². The van der Waals surface area contributed by atoms with E-state index in [4.69, 9.17) is 5.11 Å². The van der Waals surface area contributed by atoms with Crippen molar-refractivity contribution >= 4 is 17.0 Å². The zero-order valence-corrected chi connectivity index (χ0v) is 13.2. The van der Waals surface area contributed by atoms with Crippen molar-refractivity contribution in [1.82, 2.24) is 25.1 Å². The van der Waals surface area contributed by atoms with Crippen LogP contribution in [0.3, 0.4) is 0 Å². The molecule has 0 radical (unpaired) electrons. The van der Waals surface area contributed by atoms with Gasteiger partial charge < -0.3 is 10.4 Å². The van der Waals surface area contributed by atoms with Crippen LogP contribution in [0.5, 0.6) is 0 Å². The summed E-state index contributed by atoms with van der Waals surface area (Å²) in [5.74, 6) is -1.79. The van der Waals surface area contributed by atoms with Gasteiger partial charge in [-0.15, -0.1) is 0 Å². The molecule has 3 N–H and O–H groups in total. The van der Waals surface area contributed by atoms with Crippen LogP contribution in [0, 0.1) is 17.6 Å². The van der Waals surface area contributed by atoms with Crippen molar-refractivity contribution in [3.05, 3.63) is 52.2 Å². The maximum absolute atomic E-state index is 14.2. The van der Waals surface area contributed by atoms with E-state index >= 15 is 0 Å². The summed E-state index contributed by atoms with van der Waals surface area (Å²) in [4.78, 5) is 28.3. The van der Waals surface area contributed by atoms with Gasteiger partial charge in [-0.3, -0.25) is 9.89 Å². The van der Waals surface area contributed by atoms with Gasteiger partial charge in [0, 0.05) is 18.3 Å². The van der Waals surface area contributed by atoms with Crippen molar-refractivity contribution in [2.75, 3.05) is 0 Å². The lowest BCUT2D eigenvalue weighted by atomic mass is 10.1. The summed E-state index contributed by atoms with van der Waals surface area (Å²) in [6.45, 7) is 0. The van der Waals surface area contributed by atoms with E-state index in [0.29, 0.717) is 6.07 Å². The van der Waals surface area contributed by atoms with Crippen LogP contribution in [0.15, 0.2) is 29.2 Å². The monoisotopic (exact) mass is 361 g/mol. The van der Waals surface area contributed by atoms with Gasteiger partial charge in [-0.2, -0.15) is 5.10 Å². The molecule has 1 aliphatic carbocycles. The van der Waals surface area contributed by atoms with Crippen LogP contribution in [-0.2, 0) is 0 Å². The number of carbonyl (C=O) groups is 1. The van der Waals surface area contributed by atoms with E-state index in [-0.39, 0.29) is 28.5 Å². The van der Waals surface area contributed by atoms with Gasteiger partial charge >= 0.3 is 6.09 Å². The molecule has 1 unspecified atom stereocenters. The average Bonchev–Trinajstić information content (AvgIpc) is 3.28. The van der Waals surface area contributed by atoms with Crippen LogP contribution in [0.2, 0.25) is 0 Å². The summed E-state index contributed by atoms with van der Waals surface area (Å²) in [7, 11) is 0. The first kappa shape index (κ1) is 16.2. The molecule has 1 saturated carbocycles. The predicted octanol–water partition coefficient (Wildman–Crippen LogP) is 2.11. The Bertz CT molecular complexity index is 1060. The van der Waals surface area contributed by atoms with E-state index in [2.05, 4.69) is 20.5 Å². The van der Waals surface area contributed by atoms with Gasteiger partial charge in [0.05, 0.1) is 11.4 Å². The minimum Gasteiger partial charge on any atom is -0.465 e. The molecular weight excluding hydrogens is 348 g/mol. The first-order chi connectivity index (χ1) is 12.5. The highest BCUT2D eigenvalue weighted by atomic mass is 19.1. The number of hydrogen-bond acceptors (Lipinski definition) is 4. The third-order valence-corrected chi connectivity index (χ3v) is 4.28. The summed E-state index contributed by atoms with van der Waals surface area (Å²) in [5, 5.41) is 17.7. The molecule has 3 aromatic rings. The Kier molecular flexibility index (Phi) is 3.67. The molecule has 4 rings (SSSR count). The van der Waals surface area contributed by atoms with E-state index in [1.165, 1.54) is 12.3 Å². The summed E-state index contributed by atoms with van der Waals surface area (Å²) in [6, 6.07) is 2.20. The number of benzene rings is 1. The van der Waals surface area contributed by atoms with Crippen LogP contribution in [-0.4, -0.2) is 30.9 Å². The lowest BCUT2D eigenvalue weighted by Gasteiger charge is -2.20. The van der Waals surface area contributed by atoms with Crippen LogP contribution < -0.4 is 10.9 Å². The van der Waals surface area contributed by atoms with Gasteiger partial charge in [0.2, 0.25) is 0 Å². The quantitative estimate of drug-likeness (QED) is 0.659. The molecule has 1 fully saturated rings. The smallest absolute Gasteiger partial charge is 0.405 e. The number of fused-ring (bicyclic) bond motifs is 1. The van der Waals surface area contributed by atoms with Gasteiger partial charge in [-0.05, 0) is 24.8 Å². The van der Waals surface area contributed by atoms with Crippen molar-refractivity contribution in [3.63, 3.8) is 0 Å². The Morgan fingerprint density at radius 3 is 2.77 bits per heavy atom. The molecule has 10 heteroatoms. The fraction of sp³-hybridized carbons (Fsp3) is 0.250. The maximum atomic E-state index is 14.2. The van der Waals surface area contributed by atoms with Gasteiger partial charge in [-0.1, -0.05) is 0 Å². The standard InChI is InChI=1S/C16H13F2N5O3/c17-8-5-9-13(10(18)6-8)20-14(12(7-1-2-7)21-16(25)26)23(15(9)24)11-3-4-19-22-11/h3-7,12,21H,1-2H2,(H,19,22)(H,25,26). The molecule has 26 heavy (non-hydrogen) atoms. The summed E-state index contributed by atoms with van der Waals surface area (Å²) >= 11 is 0. The molecular formula is C16H13F2N5O3. The number of halogens is 2. The summed E-state index contributed by atoms with van der Waals surface area (Å²) in [6.07, 6.45) is 1.67. The Labute approximate surface area is 144 Å². The second-order valence-electron chi connectivity index (χ2n) is 6.09. The second-order valence-corrected chi connectivity index (χ2v) is 6.09. The molecule has 0 saturated heterocycles. The third kappa shape index (κ3) is 2.68. The number of aromatic nitrogens is 4. The molecule has 1 aromatic carbocycles. The normalized spacial score (nSPS) is 15.2. The minimum absolute atomic E-state index is 0.0185. The Morgan fingerprint density at radius 1 is 1.38 bits per heavy atom. The number of hydrogen-bond donors (Lipinski definition) is 3. The third-order valence-electron chi connectivity index (χ3n) is 4.28. The maximum Gasteiger partial charge on any atom is 0.405 e. The van der Waals surface area contributed by atoms with Crippen molar-refractivity contribution in [2.45, 2.75) is 18.9 Å². The molecule has 0 aliphatic heterocycles. The lowest BCUT2D eigenvalue weighted by Crippen LogP contribution is -2.35. The first-order valence-corrected chi connectivity index (χ1v) is 7.87. The number of H-pyrrole nitrogens is 1. The molecule has 134 valence electrons. The van der Waals surface area contributed by atoms with E-state index < -0.39 is 29.3 Å². The average molecular weight is 361 g/mol. The Morgan fingerprint density at radius 2 is 2.15 bits per heavy atom. The van der Waals surface area contributed by atoms with E-state index in [1.54, 1.807) is 0 Å². The number of nitrogens with zero attached hydrogens (tertiary/aromatic N) is 3. The number of aromatic amines is 1. The fourth-order valence-electron chi connectivity index (χ4n) is 2.99. The van der Waals surface area contributed by atoms with Crippen molar-refractivity contribution in [2.24, 2.45) is 5.92 Å². The highest BCUT2D eigenvalue weighted by Gasteiger charge is 2.37. The summed E-state index contributed by atoms with van der Waals surface area (Å²) in [5.41, 5.74) is -1.04. The van der Waals surface area contributed by atoms with E-state index in [9.17, 15) is 18.4 Å². The lowest BCUT2D eigenvalue weighted by molar-refractivity contribution is 0.187. The van der Waals surface area contributed by atoms with Crippen LogP contribution >= 0.6 is 0 Å². The van der Waals surface area contributed by atoms with Gasteiger partial charge in [0.1, 0.15) is 17.2 Å². The zero-order valence-electron chi connectivity index (χ0n) is 13.2. The topological polar surface area (TPSA) is 113 Å². The Balaban J connectivity index is 2.05. The van der Waals surface area contributed by atoms with E-state index in [0.717, 1.165) is 23.5 Å². The number of amides is 1. The minimum atomic E-state index is -1.29. The second kappa shape index (κ2) is 5.90. The molecule has 2 heterocycles. The van der Waals surface area contributed by atoms with E-state index in [1.807, 2.05) is 0 Å². The number of carboxylic acid groups (broad SMARTS) is 1. The molecule has 2 aromatic heterocycles. The van der Waals surface area contributed by atoms with Crippen molar-refractivity contribution in [1.29, 1.82) is 0 Å². The van der Waals surface area contributed by atoms with Crippen LogP contribution in [0.25, 0.3) is 16.7 Å². The van der Waals surface area contributed by atoms with Crippen molar-refractivity contribution < 1.29 is 18.7 Å². The molecule has 0 spiro atoms. The largest absolute Gasteiger partial charge is 0.465 e. The van der Waals surface area contributed by atoms with Gasteiger partial charge in [0.15, 0.2) is 11.6 Å². The molecule has 1 aliphatic rings. The number of rotatable bonds is 4. The predicted molar refractivity (Wildman–Crippen MR) is 86.0 cm³/mol. The summed E-state index contributed by atoms with van der Waals surface area (Å²) < 4.78 is 28.9. The number of nitrogens with one attached hydrogen (secondary N) is 2. The fourth-order valence-corrected chi connectivity index (χ4v) is 2.99.